The molecular formula is C18H26ClN3. The maximum atomic E-state index is 6.25. The molecule has 4 heteroatoms. The molecule has 1 heterocycles. The van der Waals surface area contributed by atoms with Gasteiger partial charge in [0.2, 0.25) is 0 Å². The second-order valence-electron chi connectivity index (χ2n) is 5.71. The number of hydrogen-bond acceptors (Lipinski definition) is 3. The lowest BCUT2D eigenvalue weighted by Gasteiger charge is -2.20. The van der Waals surface area contributed by atoms with Gasteiger partial charge in [0.1, 0.15) is 5.82 Å². The number of rotatable bonds is 8. The fourth-order valence-electron chi connectivity index (χ4n) is 2.75. The standard InChI is InChI=1S/C18H26ClN3/c1-4-22(5-2)13-7-8-14(3)21-18-16-9-6-10-17(19)15(16)11-12-20-18/h6,9-12,14H,4-5,7-8,13H2,1-3H3,(H,20,21)/t14-/m1/s1. The van der Waals surface area contributed by atoms with Crippen LogP contribution in [-0.4, -0.2) is 35.6 Å². The summed E-state index contributed by atoms with van der Waals surface area (Å²) in [4.78, 5) is 6.94. The van der Waals surface area contributed by atoms with Crippen molar-refractivity contribution in [3.8, 4) is 0 Å². The molecule has 0 bridgehead atoms. The molecule has 1 N–H and O–H groups in total. The normalized spacial score (nSPS) is 12.8. The van der Waals surface area contributed by atoms with E-state index in [1.54, 1.807) is 0 Å². The summed E-state index contributed by atoms with van der Waals surface area (Å²) in [7, 11) is 0. The fourth-order valence-corrected chi connectivity index (χ4v) is 2.99. The highest BCUT2D eigenvalue weighted by Crippen LogP contribution is 2.27. The van der Waals surface area contributed by atoms with Crippen LogP contribution in [-0.2, 0) is 0 Å². The summed E-state index contributed by atoms with van der Waals surface area (Å²) in [5.74, 6) is 0.926. The van der Waals surface area contributed by atoms with Crippen LogP contribution in [0.4, 0.5) is 5.82 Å². The van der Waals surface area contributed by atoms with Crippen LogP contribution in [0.3, 0.4) is 0 Å². The third kappa shape index (κ3) is 4.34. The molecule has 1 aromatic carbocycles. The van der Waals surface area contributed by atoms with E-state index in [9.17, 15) is 0 Å². The highest BCUT2D eigenvalue weighted by atomic mass is 35.5. The first-order chi connectivity index (χ1) is 10.7. The van der Waals surface area contributed by atoms with Gasteiger partial charge in [0.25, 0.3) is 0 Å². The van der Waals surface area contributed by atoms with E-state index >= 15 is 0 Å². The van der Waals surface area contributed by atoms with Crippen molar-refractivity contribution in [2.75, 3.05) is 25.0 Å². The first-order valence-corrected chi connectivity index (χ1v) is 8.55. The van der Waals surface area contributed by atoms with Crippen LogP contribution in [0.1, 0.15) is 33.6 Å². The molecule has 0 unspecified atom stereocenters. The molecule has 120 valence electrons. The molecule has 22 heavy (non-hydrogen) atoms. The van der Waals surface area contributed by atoms with E-state index in [4.69, 9.17) is 11.6 Å². The topological polar surface area (TPSA) is 28.2 Å². The second kappa shape index (κ2) is 8.35. The number of nitrogens with one attached hydrogen (secondary N) is 1. The lowest BCUT2D eigenvalue weighted by molar-refractivity contribution is 0.295. The number of hydrogen-bond donors (Lipinski definition) is 1. The van der Waals surface area contributed by atoms with Crippen LogP contribution < -0.4 is 5.32 Å². The SMILES string of the molecule is CCN(CC)CCC[C@@H](C)Nc1nccc2c(Cl)cccc12. The van der Waals surface area contributed by atoms with Crippen LogP contribution >= 0.6 is 11.6 Å². The van der Waals surface area contributed by atoms with Crippen molar-refractivity contribution in [2.24, 2.45) is 0 Å². The van der Waals surface area contributed by atoms with Crippen LogP contribution in [0.2, 0.25) is 5.02 Å². The van der Waals surface area contributed by atoms with Crippen molar-refractivity contribution in [3.05, 3.63) is 35.5 Å². The van der Waals surface area contributed by atoms with Gasteiger partial charge < -0.3 is 10.2 Å². The molecule has 3 nitrogen and oxygen atoms in total. The molecule has 0 saturated carbocycles. The van der Waals surface area contributed by atoms with Gasteiger partial charge in [0.15, 0.2) is 0 Å². The fraction of sp³-hybridized carbons (Fsp3) is 0.500. The van der Waals surface area contributed by atoms with E-state index in [0.717, 1.165) is 47.7 Å². The molecule has 0 amide bonds. The minimum Gasteiger partial charge on any atom is -0.367 e. The minimum atomic E-state index is 0.396. The summed E-state index contributed by atoms with van der Waals surface area (Å²) in [5, 5.41) is 6.45. The average molecular weight is 320 g/mol. The Labute approximate surface area is 138 Å². The number of benzene rings is 1. The highest BCUT2D eigenvalue weighted by Gasteiger charge is 2.08. The number of aromatic nitrogens is 1. The Kier molecular flexibility index (Phi) is 6.47. The Balaban J connectivity index is 1.97. The molecule has 0 aliphatic carbocycles. The van der Waals surface area contributed by atoms with Crippen LogP contribution in [0.15, 0.2) is 30.5 Å². The van der Waals surface area contributed by atoms with Gasteiger partial charge in [-0.05, 0) is 51.5 Å². The first-order valence-electron chi connectivity index (χ1n) is 8.17. The quantitative estimate of drug-likeness (QED) is 0.756. The number of pyridine rings is 1. The lowest BCUT2D eigenvalue weighted by atomic mass is 10.1. The summed E-state index contributed by atoms with van der Waals surface area (Å²) in [6, 6.07) is 8.32. The van der Waals surface area contributed by atoms with E-state index in [-0.39, 0.29) is 0 Å². The number of halogens is 1. The van der Waals surface area contributed by atoms with Gasteiger partial charge in [-0.1, -0.05) is 37.6 Å². The predicted octanol–water partition coefficient (Wildman–Crippen LogP) is 4.81. The number of fused-ring (bicyclic) bond motifs is 1. The highest BCUT2D eigenvalue weighted by molar-refractivity contribution is 6.35. The van der Waals surface area contributed by atoms with Crippen molar-refractivity contribution < 1.29 is 0 Å². The summed E-state index contributed by atoms with van der Waals surface area (Å²) < 4.78 is 0. The largest absolute Gasteiger partial charge is 0.367 e. The van der Waals surface area contributed by atoms with E-state index in [1.807, 2.05) is 24.4 Å². The van der Waals surface area contributed by atoms with Crippen LogP contribution in [0, 0.1) is 0 Å². The van der Waals surface area contributed by atoms with Crippen molar-refractivity contribution in [1.29, 1.82) is 0 Å². The summed E-state index contributed by atoms with van der Waals surface area (Å²) in [5.41, 5.74) is 0. The molecule has 0 aliphatic rings. The first kappa shape index (κ1) is 17.0. The molecule has 0 radical (unpaired) electrons. The lowest BCUT2D eigenvalue weighted by Crippen LogP contribution is -2.25. The van der Waals surface area contributed by atoms with Crippen molar-refractivity contribution in [2.45, 2.75) is 39.7 Å². The molecule has 1 atom stereocenters. The molecule has 0 fully saturated rings. The van der Waals surface area contributed by atoms with Gasteiger partial charge >= 0.3 is 0 Å². The zero-order valence-electron chi connectivity index (χ0n) is 13.8. The predicted molar refractivity (Wildman–Crippen MR) is 96.9 cm³/mol. The monoisotopic (exact) mass is 319 g/mol. The van der Waals surface area contributed by atoms with Crippen LogP contribution in [0.25, 0.3) is 10.8 Å². The van der Waals surface area contributed by atoms with E-state index in [0.29, 0.717) is 6.04 Å². The third-order valence-corrected chi connectivity index (χ3v) is 4.47. The van der Waals surface area contributed by atoms with Gasteiger partial charge in [0, 0.05) is 28.0 Å². The molecular weight excluding hydrogens is 294 g/mol. The Morgan fingerprint density at radius 1 is 1.18 bits per heavy atom. The van der Waals surface area contributed by atoms with E-state index < -0.39 is 0 Å². The van der Waals surface area contributed by atoms with E-state index in [1.165, 1.54) is 6.42 Å². The molecule has 2 rings (SSSR count). The Morgan fingerprint density at radius 2 is 1.95 bits per heavy atom. The summed E-state index contributed by atoms with van der Waals surface area (Å²) >= 11 is 6.25. The second-order valence-corrected chi connectivity index (χ2v) is 6.12. The van der Waals surface area contributed by atoms with Gasteiger partial charge in [0.05, 0.1) is 0 Å². The smallest absolute Gasteiger partial charge is 0.134 e. The van der Waals surface area contributed by atoms with Gasteiger partial charge in [-0.15, -0.1) is 0 Å². The zero-order valence-corrected chi connectivity index (χ0v) is 14.5. The van der Waals surface area contributed by atoms with Crippen molar-refractivity contribution >= 4 is 28.2 Å². The van der Waals surface area contributed by atoms with Gasteiger partial charge in [-0.3, -0.25) is 0 Å². The third-order valence-electron chi connectivity index (χ3n) is 4.14. The Hall–Kier alpha value is -1.32. The van der Waals surface area contributed by atoms with Crippen molar-refractivity contribution in [1.82, 2.24) is 9.88 Å². The van der Waals surface area contributed by atoms with Gasteiger partial charge in [-0.2, -0.15) is 0 Å². The minimum absolute atomic E-state index is 0.396. The van der Waals surface area contributed by atoms with Gasteiger partial charge in [-0.25, -0.2) is 4.98 Å². The molecule has 0 spiro atoms. The summed E-state index contributed by atoms with van der Waals surface area (Å²) in [6.45, 7) is 10.1. The number of nitrogens with zero attached hydrogens (tertiary/aromatic N) is 2. The maximum absolute atomic E-state index is 6.25. The molecule has 0 aliphatic heterocycles. The van der Waals surface area contributed by atoms with E-state index in [2.05, 4.69) is 42.0 Å². The Bertz CT molecular complexity index is 596. The zero-order chi connectivity index (χ0) is 15.9. The van der Waals surface area contributed by atoms with Crippen molar-refractivity contribution in [3.63, 3.8) is 0 Å². The average Bonchev–Trinajstić information content (AvgIpc) is 2.53. The Morgan fingerprint density at radius 3 is 2.68 bits per heavy atom. The maximum Gasteiger partial charge on any atom is 0.134 e. The number of anilines is 1. The summed E-state index contributed by atoms with van der Waals surface area (Å²) in [6.07, 6.45) is 4.15. The molecule has 0 saturated heterocycles. The van der Waals surface area contributed by atoms with Crippen LogP contribution in [0.5, 0.6) is 0 Å². The molecule has 1 aromatic heterocycles. The molecule has 2 aromatic rings.